The summed E-state index contributed by atoms with van der Waals surface area (Å²) in [6, 6.07) is 2.69. The Kier molecular flexibility index (Phi) is 5.65. The van der Waals surface area contributed by atoms with Crippen molar-refractivity contribution in [1.29, 1.82) is 0 Å². The minimum absolute atomic E-state index is 0.131. The van der Waals surface area contributed by atoms with Crippen LogP contribution < -0.4 is 5.32 Å². The standard InChI is InChI=1S/C13H10F3N5O.C6H12O/c1-17-10-12-18-4-5-21(12)11(20-19-10)8-3-2-7(6-9(8)22)13(14,15)16;1-6(2)4-3-5-7-6/h2-6,22H,1H3,(H,17,19);3-5H2,1-2H3. The average molecular weight is 409 g/mol. The molecule has 2 aromatic heterocycles. The van der Waals surface area contributed by atoms with E-state index in [9.17, 15) is 18.3 Å². The summed E-state index contributed by atoms with van der Waals surface area (Å²) in [5.41, 5.74) is -0.159. The maximum atomic E-state index is 12.6. The van der Waals surface area contributed by atoms with Crippen LogP contribution in [0, 0.1) is 0 Å². The van der Waals surface area contributed by atoms with Crippen LogP contribution in [0.5, 0.6) is 5.75 Å². The van der Waals surface area contributed by atoms with Gasteiger partial charge in [-0.2, -0.15) is 13.2 Å². The van der Waals surface area contributed by atoms with Crippen LogP contribution in [0.25, 0.3) is 17.0 Å². The number of hydrogen-bond donors (Lipinski definition) is 2. The van der Waals surface area contributed by atoms with E-state index in [1.54, 1.807) is 13.2 Å². The van der Waals surface area contributed by atoms with E-state index in [0.717, 1.165) is 18.7 Å². The number of aromatic nitrogens is 4. The van der Waals surface area contributed by atoms with Crippen molar-refractivity contribution in [3.8, 4) is 17.1 Å². The zero-order valence-electron chi connectivity index (χ0n) is 16.3. The van der Waals surface area contributed by atoms with Gasteiger partial charge in [-0.1, -0.05) is 0 Å². The molecule has 10 heteroatoms. The van der Waals surface area contributed by atoms with Gasteiger partial charge in [0.1, 0.15) is 5.75 Å². The summed E-state index contributed by atoms with van der Waals surface area (Å²) >= 11 is 0. The number of aromatic hydroxyl groups is 1. The molecular formula is C19H22F3N5O2. The van der Waals surface area contributed by atoms with Gasteiger partial charge < -0.3 is 15.2 Å². The summed E-state index contributed by atoms with van der Waals surface area (Å²) in [7, 11) is 1.65. The van der Waals surface area contributed by atoms with Crippen molar-refractivity contribution in [3.63, 3.8) is 0 Å². The Labute approximate surface area is 165 Å². The zero-order chi connectivity index (χ0) is 21.2. The van der Waals surface area contributed by atoms with Gasteiger partial charge >= 0.3 is 6.18 Å². The van der Waals surface area contributed by atoms with Crippen molar-refractivity contribution >= 4 is 11.5 Å². The summed E-state index contributed by atoms with van der Waals surface area (Å²) in [4.78, 5) is 4.10. The van der Waals surface area contributed by atoms with E-state index in [-0.39, 0.29) is 17.0 Å². The number of ether oxygens (including phenoxy) is 1. The number of rotatable bonds is 2. The largest absolute Gasteiger partial charge is 0.507 e. The number of phenolic OH excluding ortho intramolecular Hbond substituents is 1. The lowest BCUT2D eigenvalue weighted by Crippen LogP contribution is -2.15. The van der Waals surface area contributed by atoms with Crippen LogP contribution in [0.4, 0.5) is 19.0 Å². The molecule has 4 rings (SSSR count). The average Bonchev–Trinajstić information content (AvgIpc) is 3.29. The highest BCUT2D eigenvalue weighted by Crippen LogP contribution is 2.36. The van der Waals surface area contributed by atoms with Crippen molar-refractivity contribution in [3.05, 3.63) is 36.2 Å². The van der Waals surface area contributed by atoms with Crippen molar-refractivity contribution in [2.45, 2.75) is 38.5 Å². The Morgan fingerprint density at radius 1 is 1.24 bits per heavy atom. The molecule has 0 bridgehead atoms. The molecule has 3 aromatic rings. The van der Waals surface area contributed by atoms with E-state index in [1.165, 1.54) is 23.4 Å². The van der Waals surface area contributed by atoms with E-state index in [2.05, 4.69) is 34.3 Å². The van der Waals surface area contributed by atoms with Gasteiger partial charge in [0.15, 0.2) is 17.3 Å². The Hall–Kier alpha value is -2.88. The number of phenols is 1. The highest BCUT2D eigenvalue weighted by Gasteiger charge is 2.31. The van der Waals surface area contributed by atoms with Gasteiger partial charge in [0, 0.05) is 26.0 Å². The molecule has 29 heavy (non-hydrogen) atoms. The van der Waals surface area contributed by atoms with E-state index in [0.29, 0.717) is 17.5 Å². The fourth-order valence-electron chi connectivity index (χ4n) is 3.00. The number of alkyl halides is 3. The quantitative estimate of drug-likeness (QED) is 0.662. The van der Waals surface area contributed by atoms with Crippen molar-refractivity contribution in [2.75, 3.05) is 19.0 Å². The van der Waals surface area contributed by atoms with Crippen molar-refractivity contribution in [2.24, 2.45) is 0 Å². The molecule has 1 saturated heterocycles. The SMILES string of the molecule is CC1(C)CCCO1.CNc1nnc(-c2ccc(C(F)(F)F)cc2O)n2ccnc12. The predicted molar refractivity (Wildman–Crippen MR) is 102 cm³/mol. The number of imidazole rings is 1. The summed E-state index contributed by atoms with van der Waals surface area (Å²) < 4.78 is 44.8. The molecule has 156 valence electrons. The second-order valence-electron chi connectivity index (χ2n) is 7.18. The van der Waals surface area contributed by atoms with Crippen LogP contribution in [0.2, 0.25) is 0 Å². The molecule has 1 aliphatic rings. The van der Waals surface area contributed by atoms with Gasteiger partial charge in [-0.05, 0) is 44.9 Å². The number of nitrogens with zero attached hydrogens (tertiary/aromatic N) is 4. The molecule has 1 fully saturated rings. The molecule has 2 N–H and O–H groups in total. The van der Waals surface area contributed by atoms with Gasteiger partial charge in [0.2, 0.25) is 0 Å². The lowest BCUT2D eigenvalue weighted by Gasteiger charge is -2.14. The van der Waals surface area contributed by atoms with E-state index in [4.69, 9.17) is 4.74 Å². The molecule has 0 aliphatic carbocycles. The minimum atomic E-state index is -4.53. The Morgan fingerprint density at radius 3 is 2.52 bits per heavy atom. The number of halogens is 3. The molecule has 3 heterocycles. The van der Waals surface area contributed by atoms with Crippen LogP contribution >= 0.6 is 0 Å². The summed E-state index contributed by atoms with van der Waals surface area (Å²) in [6.45, 7) is 5.24. The van der Waals surface area contributed by atoms with Gasteiger partial charge in [-0.3, -0.25) is 4.40 Å². The maximum absolute atomic E-state index is 12.6. The Morgan fingerprint density at radius 2 is 2.00 bits per heavy atom. The first kappa shape index (κ1) is 20.8. The first-order valence-electron chi connectivity index (χ1n) is 9.04. The number of fused-ring (bicyclic) bond motifs is 1. The van der Waals surface area contributed by atoms with Crippen molar-refractivity contribution in [1.82, 2.24) is 19.6 Å². The zero-order valence-corrected chi connectivity index (χ0v) is 16.3. The normalized spacial score (nSPS) is 15.8. The van der Waals surface area contributed by atoms with Crippen LogP contribution in [0.15, 0.2) is 30.6 Å². The number of benzene rings is 1. The van der Waals surface area contributed by atoms with Crippen LogP contribution in [0.3, 0.4) is 0 Å². The lowest BCUT2D eigenvalue weighted by molar-refractivity contribution is -0.137. The van der Waals surface area contributed by atoms with E-state index in [1.807, 2.05) is 0 Å². The molecule has 0 atom stereocenters. The van der Waals surface area contributed by atoms with Crippen LogP contribution in [0.1, 0.15) is 32.3 Å². The summed E-state index contributed by atoms with van der Waals surface area (Å²) in [5.74, 6) is 0.0780. The molecule has 0 radical (unpaired) electrons. The Bertz CT molecular complexity index is 993. The minimum Gasteiger partial charge on any atom is -0.507 e. The molecule has 1 aliphatic heterocycles. The summed E-state index contributed by atoms with van der Waals surface area (Å²) in [5, 5.41) is 20.6. The topological polar surface area (TPSA) is 84.6 Å². The van der Waals surface area contributed by atoms with Gasteiger partial charge in [-0.15, -0.1) is 10.2 Å². The third-order valence-electron chi connectivity index (χ3n) is 4.54. The first-order valence-corrected chi connectivity index (χ1v) is 9.04. The number of nitrogens with one attached hydrogen (secondary N) is 1. The fraction of sp³-hybridized carbons (Fsp3) is 0.421. The second kappa shape index (κ2) is 7.86. The summed E-state index contributed by atoms with van der Waals surface area (Å²) in [6.07, 6.45) is 1.03. The second-order valence-corrected chi connectivity index (χ2v) is 7.18. The predicted octanol–water partition coefficient (Wildman–Crippen LogP) is 4.13. The van der Waals surface area contributed by atoms with Crippen LogP contribution in [-0.2, 0) is 10.9 Å². The van der Waals surface area contributed by atoms with Gasteiger partial charge in [0.25, 0.3) is 0 Å². The van der Waals surface area contributed by atoms with Crippen molar-refractivity contribution < 1.29 is 23.0 Å². The molecule has 0 unspecified atom stereocenters. The monoisotopic (exact) mass is 409 g/mol. The van der Waals surface area contributed by atoms with Gasteiger partial charge in [0.05, 0.1) is 16.7 Å². The number of anilines is 1. The molecule has 0 spiro atoms. The highest BCUT2D eigenvalue weighted by atomic mass is 19.4. The third kappa shape index (κ3) is 4.58. The molecule has 0 amide bonds. The fourth-order valence-corrected chi connectivity index (χ4v) is 3.00. The molecular weight excluding hydrogens is 387 g/mol. The molecule has 7 nitrogen and oxygen atoms in total. The lowest BCUT2D eigenvalue weighted by atomic mass is 10.1. The van der Waals surface area contributed by atoms with E-state index >= 15 is 0 Å². The smallest absolute Gasteiger partial charge is 0.416 e. The Balaban J connectivity index is 0.000000290. The van der Waals surface area contributed by atoms with Gasteiger partial charge in [-0.25, -0.2) is 4.98 Å². The third-order valence-corrected chi connectivity index (χ3v) is 4.54. The first-order chi connectivity index (χ1) is 13.6. The molecule has 0 saturated carbocycles. The van der Waals surface area contributed by atoms with Crippen LogP contribution in [-0.4, -0.2) is 43.9 Å². The highest BCUT2D eigenvalue weighted by molar-refractivity contribution is 5.70. The number of hydrogen-bond acceptors (Lipinski definition) is 6. The molecule has 1 aromatic carbocycles. The van der Waals surface area contributed by atoms with E-state index < -0.39 is 17.5 Å². The maximum Gasteiger partial charge on any atom is 0.416 e.